The van der Waals surface area contributed by atoms with Gasteiger partial charge in [-0.1, -0.05) is 23.7 Å². The molecule has 0 heterocycles. The van der Waals surface area contributed by atoms with Gasteiger partial charge in [0, 0.05) is 12.1 Å². The van der Waals surface area contributed by atoms with Gasteiger partial charge in [-0.15, -0.1) is 0 Å². The van der Waals surface area contributed by atoms with Gasteiger partial charge in [0.05, 0.1) is 10.6 Å². The molecule has 0 aliphatic heterocycles. The van der Waals surface area contributed by atoms with Crippen LogP contribution in [0.25, 0.3) is 0 Å². The van der Waals surface area contributed by atoms with Gasteiger partial charge in [-0.05, 0) is 29.8 Å². The van der Waals surface area contributed by atoms with Crippen LogP contribution < -0.4 is 11.1 Å². The van der Waals surface area contributed by atoms with E-state index in [0.29, 0.717) is 11.1 Å². The topological polar surface area (TPSA) is 72.2 Å². The molecular formula is C15H11ClF2N2O2. The fraction of sp³-hybridized carbons (Fsp3) is 0.0667. The summed E-state index contributed by atoms with van der Waals surface area (Å²) in [4.78, 5) is 23.0. The quantitative estimate of drug-likeness (QED) is 0.849. The SMILES string of the molecule is NC(=O)c1cccc(CNC(=O)c2cc(F)c(F)cc2Cl)c1. The van der Waals surface area contributed by atoms with E-state index in [2.05, 4.69) is 5.32 Å². The Labute approximate surface area is 129 Å². The van der Waals surface area contributed by atoms with Gasteiger partial charge in [-0.25, -0.2) is 8.78 Å². The lowest BCUT2D eigenvalue weighted by atomic mass is 10.1. The number of benzene rings is 2. The van der Waals surface area contributed by atoms with Crippen molar-refractivity contribution in [3.63, 3.8) is 0 Å². The number of carbonyl (C=O) groups is 2. The Balaban J connectivity index is 2.12. The second kappa shape index (κ2) is 6.53. The molecule has 2 rings (SSSR count). The number of rotatable bonds is 4. The molecule has 0 unspecified atom stereocenters. The standard InChI is InChI=1S/C15H11ClF2N2O2/c16-11-6-13(18)12(17)5-10(11)15(22)20-7-8-2-1-3-9(4-8)14(19)21/h1-6H,7H2,(H2,19,21)(H,20,22). The first-order valence-corrected chi connectivity index (χ1v) is 6.58. The summed E-state index contributed by atoms with van der Waals surface area (Å²) in [5.74, 6) is -3.54. The molecule has 22 heavy (non-hydrogen) atoms. The molecule has 2 amide bonds. The Morgan fingerprint density at radius 2 is 1.82 bits per heavy atom. The molecule has 2 aromatic carbocycles. The largest absolute Gasteiger partial charge is 0.366 e. The zero-order chi connectivity index (χ0) is 16.3. The third-order valence-corrected chi connectivity index (χ3v) is 3.23. The molecule has 7 heteroatoms. The minimum absolute atomic E-state index is 0.0786. The molecule has 2 aromatic rings. The summed E-state index contributed by atoms with van der Waals surface area (Å²) in [6.45, 7) is 0.0786. The summed E-state index contributed by atoms with van der Waals surface area (Å²) in [6, 6.07) is 7.83. The summed E-state index contributed by atoms with van der Waals surface area (Å²) in [7, 11) is 0. The van der Waals surface area contributed by atoms with Crippen LogP contribution in [-0.4, -0.2) is 11.8 Å². The average Bonchev–Trinajstić information content (AvgIpc) is 2.48. The highest BCUT2D eigenvalue weighted by atomic mass is 35.5. The minimum Gasteiger partial charge on any atom is -0.366 e. The van der Waals surface area contributed by atoms with Crippen molar-refractivity contribution in [2.24, 2.45) is 5.73 Å². The number of primary amides is 1. The maximum Gasteiger partial charge on any atom is 0.253 e. The molecule has 4 nitrogen and oxygen atoms in total. The molecule has 0 atom stereocenters. The maximum absolute atomic E-state index is 13.2. The molecule has 0 aromatic heterocycles. The fourth-order valence-corrected chi connectivity index (χ4v) is 2.04. The number of nitrogens with one attached hydrogen (secondary N) is 1. The summed E-state index contributed by atoms with van der Waals surface area (Å²) >= 11 is 5.72. The lowest BCUT2D eigenvalue weighted by molar-refractivity contribution is 0.0950. The van der Waals surface area contributed by atoms with Gasteiger partial charge < -0.3 is 11.1 Å². The number of halogens is 3. The van der Waals surface area contributed by atoms with Crippen molar-refractivity contribution < 1.29 is 18.4 Å². The Bertz CT molecular complexity index is 750. The normalized spacial score (nSPS) is 10.3. The zero-order valence-electron chi connectivity index (χ0n) is 11.2. The number of amides is 2. The van der Waals surface area contributed by atoms with E-state index in [0.717, 1.165) is 12.1 Å². The lowest BCUT2D eigenvalue weighted by Gasteiger charge is -2.08. The molecule has 114 valence electrons. The van der Waals surface area contributed by atoms with Crippen LogP contribution in [0.1, 0.15) is 26.3 Å². The first-order chi connectivity index (χ1) is 10.4. The highest BCUT2D eigenvalue weighted by molar-refractivity contribution is 6.33. The van der Waals surface area contributed by atoms with E-state index >= 15 is 0 Å². The predicted octanol–water partition coefficient (Wildman–Crippen LogP) is 2.65. The summed E-state index contributed by atoms with van der Waals surface area (Å²) in [6.07, 6.45) is 0. The number of nitrogens with two attached hydrogens (primary N) is 1. The van der Waals surface area contributed by atoms with Crippen LogP contribution in [0.5, 0.6) is 0 Å². The first kappa shape index (κ1) is 15.9. The van der Waals surface area contributed by atoms with Crippen molar-refractivity contribution in [2.75, 3.05) is 0 Å². The number of hydrogen-bond acceptors (Lipinski definition) is 2. The minimum atomic E-state index is -1.16. The van der Waals surface area contributed by atoms with E-state index in [1.807, 2.05) is 0 Å². The predicted molar refractivity (Wildman–Crippen MR) is 77.5 cm³/mol. The van der Waals surface area contributed by atoms with Crippen LogP contribution in [-0.2, 0) is 6.54 Å². The molecule has 0 saturated carbocycles. The summed E-state index contributed by atoms with van der Waals surface area (Å²) in [5.41, 5.74) is 5.92. The van der Waals surface area contributed by atoms with Gasteiger partial charge in [0.15, 0.2) is 11.6 Å². The Morgan fingerprint density at radius 1 is 1.14 bits per heavy atom. The summed E-state index contributed by atoms with van der Waals surface area (Å²) < 4.78 is 26.1. The van der Waals surface area contributed by atoms with Crippen LogP contribution in [0.3, 0.4) is 0 Å². The first-order valence-electron chi connectivity index (χ1n) is 6.20. The monoisotopic (exact) mass is 324 g/mol. The van der Waals surface area contributed by atoms with Crippen molar-refractivity contribution in [1.29, 1.82) is 0 Å². The Kier molecular flexibility index (Phi) is 4.72. The highest BCUT2D eigenvalue weighted by Crippen LogP contribution is 2.20. The van der Waals surface area contributed by atoms with E-state index in [9.17, 15) is 18.4 Å². The van der Waals surface area contributed by atoms with Crippen molar-refractivity contribution in [2.45, 2.75) is 6.54 Å². The van der Waals surface area contributed by atoms with E-state index in [4.69, 9.17) is 17.3 Å². The highest BCUT2D eigenvalue weighted by Gasteiger charge is 2.14. The van der Waals surface area contributed by atoms with Gasteiger partial charge in [0.2, 0.25) is 5.91 Å². The summed E-state index contributed by atoms with van der Waals surface area (Å²) in [5, 5.41) is 2.31. The second-order valence-electron chi connectivity index (χ2n) is 4.49. The molecule has 0 fully saturated rings. The van der Waals surface area contributed by atoms with Gasteiger partial charge in [-0.3, -0.25) is 9.59 Å². The van der Waals surface area contributed by atoms with Crippen molar-refractivity contribution in [1.82, 2.24) is 5.32 Å². The van der Waals surface area contributed by atoms with Gasteiger partial charge in [0.1, 0.15) is 0 Å². The van der Waals surface area contributed by atoms with E-state index in [-0.39, 0.29) is 17.1 Å². The van der Waals surface area contributed by atoms with Crippen LogP contribution in [0.2, 0.25) is 5.02 Å². The smallest absolute Gasteiger partial charge is 0.253 e. The maximum atomic E-state index is 13.2. The van der Waals surface area contributed by atoms with Crippen molar-refractivity contribution in [3.8, 4) is 0 Å². The Morgan fingerprint density at radius 3 is 2.50 bits per heavy atom. The average molecular weight is 325 g/mol. The van der Waals surface area contributed by atoms with Gasteiger partial charge in [-0.2, -0.15) is 0 Å². The third-order valence-electron chi connectivity index (χ3n) is 2.92. The van der Waals surface area contributed by atoms with E-state index in [1.165, 1.54) is 6.07 Å². The molecule has 0 aliphatic carbocycles. The van der Waals surface area contributed by atoms with Crippen LogP contribution in [0.15, 0.2) is 36.4 Å². The Hall–Kier alpha value is -2.47. The molecule has 0 spiro atoms. The van der Waals surface area contributed by atoms with Crippen LogP contribution in [0, 0.1) is 11.6 Å². The van der Waals surface area contributed by atoms with E-state index < -0.39 is 23.4 Å². The zero-order valence-corrected chi connectivity index (χ0v) is 12.0. The van der Waals surface area contributed by atoms with Crippen LogP contribution in [0.4, 0.5) is 8.78 Å². The molecule has 3 N–H and O–H groups in total. The van der Waals surface area contributed by atoms with Crippen molar-refractivity contribution >= 4 is 23.4 Å². The molecule has 0 radical (unpaired) electrons. The molecule has 0 bridgehead atoms. The van der Waals surface area contributed by atoms with Gasteiger partial charge >= 0.3 is 0 Å². The van der Waals surface area contributed by atoms with Crippen LogP contribution >= 0.6 is 11.6 Å². The number of hydrogen-bond donors (Lipinski definition) is 2. The molecular weight excluding hydrogens is 314 g/mol. The lowest BCUT2D eigenvalue weighted by Crippen LogP contribution is -2.23. The van der Waals surface area contributed by atoms with Gasteiger partial charge in [0.25, 0.3) is 5.91 Å². The number of carbonyl (C=O) groups excluding carboxylic acids is 2. The fourth-order valence-electron chi connectivity index (χ4n) is 1.81. The second-order valence-corrected chi connectivity index (χ2v) is 4.90. The van der Waals surface area contributed by atoms with Crippen molar-refractivity contribution in [3.05, 3.63) is 69.7 Å². The molecule has 0 aliphatic rings. The van der Waals surface area contributed by atoms with E-state index in [1.54, 1.807) is 18.2 Å². The molecule has 0 saturated heterocycles. The third kappa shape index (κ3) is 3.59.